The monoisotopic (exact) mass is 248 g/mol. The average Bonchev–Trinajstić information content (AvgIpc) is 2.83. The fourth-order valence-corrected chi connectivity index (χ4v) is 2.48. The molecule has 1 saturated heterocycles. The molecule has 96 valence electrons. The van der Waals surface area contributed by atoms with Gasteiger partial charge in [0.1, 0.15) is 0 Å². The third-order valence-corrected chi connectivity index (χ3v) is 3.63. The van der Waals surface area contributed by atoms with Gasteiger partial charge < -0.3 is 15.7 Å². The molecule has 18 heavy (non-hydrogen) atoms. The average molecular weight is 248 g/mol. The van der Waals surface area contributed by atoms with Gasteiger partial charge in [-0.05, 0) is 34.8 Å². The molecule has 1 aliphatic rings. The quantitative estimate of drug-likeness (QED) is 0.732. The van der Waals surface area contributed by atoms with E-state index in [9.17, 15) is 5.11 Å². The van der Waals surface area contributed by atoms with Crippen molar-refractivity contribution in [3.8, 4) is 0 Å². The summed E-state index contributed by atoms with van der Waals surface area (Å²) in [6.07, 6.45) is 0.541. The second-order valence-corrected chi connectivity index (χ2v) is 4.91. The molecular weight excluding hydrogens is 232 g/mol. The van der Waals surface area contributed by atoms with Crippen LogP contribution in [0.1, 0.15) is 13.3 Å². The van der Waals surface area contributed by atoms with Gasteiger partial charge in [-0.25, -0.2) is 4.63 Å². The van der Waals surface area contributed by atoms with Crippen LogP contribution in [-0.2, 0) is 0 Å². The van der Waals surface area contributed by atoms with Gasteiger partial charge in [0.2, 0.25) is 0 Å². The molecule has 0 saturated carbocycles. The molecule has 1 fully saturated rings. The van der Waals surface area contributed by atoms with Crippen molar-refractivity contribution >= 4 is 22.4 Å². The standard InChI is InChI=1S/C12H16N4O2/c1-7-6-16(5-4-10(7)17)9-3-2-8(13)11-12(9)15-18-14-11/h2-3,7,10,17H,4-6,13H2,1H3. The van der Waals surface area contributed by atoms with Crippen LogP contribution in [0.2, 0.25) is 0 Å². The van der Waals surface area contributed by atoms with Crippen LogP contribution in [0.15, 0.2) is 16.8 Å². The van der Waals surface area contributed by atoms with Crippen LogP contribution in [0.3, 0.4) is 0 Å². The second-order valence-electron chi connectivity index (χ2n) is 4.91. The zero-order chi connectivity index (χ0) is 12.7. The molecule has 1 aromatic heterocycles. The number of nitrogen functional groups attached to an aromatic ring is 1. The van der Waals surface area contributed by atoms with Crippen LogP contribution in [0.25, 0.3) is 11.0 Å². The summed E-state index contributed by atoms with van der Waals surface area (Å²) in [6, 6.07) is 3.75. The summed E-state index contributed by atoms with van der Waals surface area (Å²) in [4.78, 5) is 2.20. The summed E-state index contributed by atoms with van der Waals surface area (Å²) in [7, 11) is 0. The number of aliphatic hydroxyl groups is 1. The zero-order valence-electron chi connectivity index (χ0n) is 10.2. The summed E-state index contributed by atoms with van der Waals surface area (Å²) in [6.45, 7) is 3.65. The number of benzene rings is 1. The molecule has 3 N–H and O–H groups in total. The lowest BCUT2D eigenvalue weighted by atomic mass is 9.96. The van der Waals surface area contributed by atoms with Crippen LogP contribution in [0.5, 0.6) is 0 Å². The third-order valence-electron chi connectivity index (χ3n) is 3.63. The molecule has 3 rings (SSSR count). The number of aliphatic hydroxyl groups excluding tert-OH is 1. The van der Waals surface area contributed by atoms with Crippen molar-refractivity contribution in [3.05, 3.63) is 12.1 Å². The Morgan fingerprint density at radius 3 is 2.94 bits per heavy atom. The highest BCUT2D eigenvalue weighted by Crippen LogP contribution is 2.31. The lowest BCUT2D eigenvalue weighted by molar-refractivity contribution is 0.0971. The molecule has 1 aromatic carbocycles. The predicted molar refractivity (Wildman–Crippen MR) is 68.2 cm³/mol. The van der Waals surface area contributed by atoms with Crippen LogP contribution in [-0.4, -0.2) is 34.6 Å². The highest BCUT2D eigenvalue weighted by atomic mass is 16.6. The van der Waals surface area contributed by atoms with E-state index in [0.717, 1.165) is 25.2 Å². The molecule has 6 heteroatoms. The first-order valence-corrected chi connectivity index (χ1v) is 6.10. The van der Waals surface area contributed by atoms with Crippen molar-refractivity contribution in [1.29, 1.82) is 0 Å². The smallest absolute Gasteiger partial charge is 0.160 e. The zero-order valence-corrected chi connectivity index (χ0v) is 10.2. The Hall–Kier alpha value is -1.82. The Morgan fingerprint density at radius 2 is 2.17 bits per heavy atom. The van der Waals surface area contributed by atoms with Gasteiger partial charge in [-0.15, -0.1) is 0 Å². The summed E-state index contributed by atoms with van der Waals surface area (Å²) in [5.41, 5.74) is 8.66. The molecule has 0 spiro atoms. The number of hydrogen-bond acceptors (Lipinski definition) is 6. The van der Waals surface area contributed by atoms with Gasteiger partial charge in [0.25, 0.3) is 0 Å². The van der Waals surface area contributed by atoms with Crippen LogP contribution < -0.4 is 10.6 Å². The molecule has 2 heterocycles. The maximum absolute atomic E-state index is 9.77. The van der Waals surface area contributed by atoms with Gasteiger partial charge >= 0.3 is 0 Å². The highest BCUT2D eigenvalue weighted by Gasteiger charge is 2.26. The maximum atomic E-state index is 9.77. The summed E-state index contributed by atoms with van der Waals surface area (Å²) < 4.78 is 4.77. The highest BCUT2D eigenvalue weighted by molar-refractivity contribution is 5.95. The van der Waals surface area contributed by atoms with E-state index in [0.29, 0.717) is 16.7 Å². The fraction of sp³-hybridized carbons (Fsp3) is 0.500. The molecule has 2 atom stereocenters. The minimum Gasteiger partial charge on any atom is -0.397 e. The van der Waals surface area contributed by atoms with Crippen LogP contribution in [0.4, 0.5) is 11.4 Å². The molecule has 2 aromatic rings. The lowest BCUT2D eigenvalue weighted by Gasteiger charge is -2.35. The number of anilines is 2. The van der Waals surface area contributed by atoms with Crippen molar-refractivity contribution in [3.63, 3.8) is 0 Å². The van der Waals surface area contributed by atoms with Crippen LogP contribution in [0, 0.1) is 5.92 Å². The van der Waals surface area contributed by atoms with Crippen molar-refractivity contribution in [2.75, 3.05) is 23.7 Å². The Bertz CT molecular complexity index is 568. The van der Waals surface area contributed by atoms with E-state index in [1.165, 1.54) is 0 Å². The number of nitrogens with zero attached hydrogens (tertiary/aromatic N) is 3. The number of fused-ring (bicyclic) bond motifs is 1. The number of nitrogens with two attached hydrogens (primary N) is 1. The summed E-state index contributed by atoms with van der Waals surface area (Å²) >= 11 is 0. The Labute approximate surface area is 104 Å². The number of aromatic nitrogens is 2. The molecular formula is C12H16N4O2. The first-order valence-electron chi connectivity index (χ1n) is 6.10. The van der Waals surface area contributed by atoms with Gasteiger partial charge in [-0.2, -0.15) is 0 Å². The largest absolute Gasteiger partial charge is 0.397 e. The lowest BCUT2D eigenvalue weighted by Crippen LogP contribution is -2.42. The number of piperidine rings is 1. The van der Waals surface area contributed by atoms with E-state index in [1.54, 1.807) is 0 Å². The molecule has 0 aliphatic carbocycles. The summed E-state index contributed by atoms with van der Waals surface area (Å²) in [5, 5.41) is 17.5. The minimum absolute atomic E-state index is 0.221. The second kappa shape index (κ2) is 4.13. The fourth-order valence-electron chi connectivity index (χ4n) is 2.48. The summed E-state index contributed by atoms with van der Waals surface area (Å²) in [5.74, 6) is 0.242. The molecule has 6 nitrogen and oxygen atoms in total. The van der Waals surface area contributed by atoms with Gasteiger partial charge in [-0.1, -0.05) is 6.92 Å². The van der Waals surface area contributed by atoms with E-state index < -0.39 is 0 Å². The van der Waals surface area contributed by atoms with Crippen molar-refractivity contribution in [1.82, 2.24) is 10.3 Å². The molecule has 0 amide bonds. The molecule has 0 radical (unpaired) electrons. The van der Waals surface area contributed by atoms with E-state index in [-0.39, 0.29) is 12.0 Å². The van der Waals surface area contributed by atoms with Crippen molar-refractivity contribution < 1.29 is 9.74 Å². The first kappa shape index (κ1) is 11.3. The van der Waals surface area contributed by atoms with Crippen molar-refractivity contribution in [2.24, 2.45) is 5.92 Å². The predicted octanol–water partition coefficient (Wildman–Crippen LogP) is 1.01. The number of rotatable bonds is 1. The van der Waals surface area contributed by atoms with Gasteiger partial charge in [0, 0.05) is 13.1 Å². The topological polar surface area (TPSA) is 88.4 Å². The normalized spacial score (nSPS) is 24.7. The maximum Gasteiger partial charge on any atom is 0.160 e. The molecule has 1 aliphatic heterocycles. The van der Waals surface area contributed by atoms with E-state index in [1.807, 2.05) is 19.1 Å². The molecule has 2 unspecified atom stereocenters. The SMILES string of the molecule is CC1CN(c2ccc(N)c3nonc23)CCC1O. The first-order chi connectivity index (χ1) is 8.66. The minimum atomic E-state index is -0.221. The third kappa shape index (κ3) is 1.69. The Kier molecular flexibility index (Phi) is 2.59. The van der Waals surface area contributed by atoms with Gasteiger partial charge in [0.05, 0.1) is 17.5 Å². The Morgan fingerprint density at radius 1 is 1.39 bits per heavy atom. The van der Waals surface area contributed by atoms with E-state index in [4.69, 9.17) is 10.4 Å². The van der Waals surface area contributed by atoms with Gasteiger partial charge in [-0.3, -0.25) is 0 Å². The van der Waals surface area contributed by atoms with Crippen LogP contribution >= 0.6 is 0 Å². The Balaban J connectivity index is 2.00. The van der Waals surface area contributed by atoms with Gasteiger partial charge in [0.15, 0.2) is 11.0 Å². The number of hydrogen-bond donors (Lipinski definition) is 2. The van der Waals surface area contributed by atoms with E-state index in [2.05, 4.69) is 15.2 Å². The molecule has 0 bridgehead atoms. The van der Waals surface area contributed by atoms with Crippen molar-refractivity contribution in [2.45, 2.75) is 19.4 Å². The van der Waals surface area contributed by atoms with E-state index >= 15 is 0 Å².